The lowest BCUT2D eigenvalue weighted by Gasteiger charge is -2.16. The Hall–Kier alpha value is -3.86. The normalized spacial score (nSPS) is 13.5. The molecule has 0 atom stereocenters. The molecule has 4 rings (SSSR count). The van der Waals surface area contributed by atoms with Crippen molar-refractivity contribution in [3.63, 3.8) is 0 Å². The lowest BCUT2D eigenvalue weighted by molar-refractivity contribution is -0.120. The van der Waals surface area contributed by atoms with Crippen molar-refractivity contribution in [3.05, 3.63) is 95.2 Å². The van der Waals surface area contributed by atoms with Gasteiger partial charge < -0.3 is 10.1 Å². The third-order valence-electron chi connectivity index (χ3n) is 6.01. The highest BCUT2D eigenvalue weighted by atomic mass is 16.5. The number of anilines is 2. The molecular formula is C30H32N2O3. The smallest absolute Gasteiger partial charge is 0.282 e. The number of nitrogens with one attached hydrogen (secondary N) is 1. The van der Waals surface area contributed by atoms with Crippen LogP contribution in [0.3, 0.4) is 0 Å². The third-order valence-corrected chi connectivity index (χ3v) is 6.01. The monoisotopic (exact) mass is 468 g/mol. The zero-order chi connectivity index (χ0) is 24.8. The number of unbranched alkanes of at least 4 members (excludes halogenated alkanes) is 1. The minimum atomic E-state index is -0.369. The summed E-state index contributed by atoms with van der Waals surface area (Å²) in [6.07, 6.45) is 4.11. The Labute approximate surface area is 207 Å². The summed E-state index contributed by atoms with van der Waals surface area (Å²) in [7, 11) is 0. The maximum Gasteiger partial charge on any atom is 0.282 e. The van der Waals surface area contributed by atoms with Crippen LogP contribution in [0.4, 0.5) is 11.4 Å². The van der Waals surface area contributed by atoms with Crippen molar-refractivity contribution in [2.45, 2.75) is 46.5 Å². The first kappa shape index (κ1) is 24.3. The Balaban J connectivity index is 1.69. The molecule has 1 aliphatic rings. The zero-order valence-corrected chi connectivity index (χ0v) is 20.6. The van der Waals surface area contributed by atoms with E-state index in [9.17, 15) is 9.59 Å². The average molecular weight is 469 g/mol. The quantitative estimate of drug-likeness (QED) is 0.344. The van der Waals surface area contributed by atoms with Crippen molar-refractivity contribution >= 4 is 28.8 Å². The van der Waals surface area contributed by atoms with Gasteiger partial charge in [-0.15, -0.1) is 0 Å². The lowest BCUT2D eigenvalue weighted by atomic mass is 10.0. The third kappa shape index (κ3) is 5.46. The van der Waals surface area contributed by atoms with Gasteiger partial charge in [0.1, 0.15) is 11.4 Å². The number of imide groups is 1. The second-order valence-electron chi connectivity index (χ2n) is 8.83. The molecule has 1 N–H and O–H groups in total. The number of hydrogen-bond acceptors (Lipinski definition) is 4. The summed E-state index contributed by atoms with van der Waals surface area (Å²) in [6.45, 7) is 6.82. The van der Waals surface area contributed by atoms with Gasteiger partial charge in [0.15, 0.2) is 0 Å². The summed E-state index contributed by atoms with van der Waals surface area (Å²) in [6, 6.07) is 22.8. The number of carbonyl (C=O) groups excluding carboxylic acids is 2. The number of amides is 2. The first-order valence-corrected chi connectivity index (χ1v) is 12.3. The Morgan fingerprint density at radius 1 is 0.857 bits per heavy atom. The zero-order valence-electron chi connectivity index (χ0n) is 20.6. The van der Waals surface area contributed by atoms with Crippen molar-refractivity contribution in [2.75, 3.05) is 16.8 Å². The molecule has 35 heavy (non-hydrogen) atoms. The standard InChI is InChI=1S/C30H32N2O3/c1-4-6-8-22-13-17-25(18-14-22)32-29(33)27(23-15-11-21(3)12-16-23)28(30(32)34)31-24-9-7-10-26(20-24)35-19-5-2/h7,9-18,20,31H,4-6,8,19H2,1-3H3. The highest BCUT2D eigenvalue weighted by molar-refractivity contribution is 6.46. The Kier molecular flexibility index (Phi) is 7.66. The van der Waals surface area contributed by atoms with Crippen LogP contribution in [0.1, 0.15) is 49.8 Å². The van der Waals surface area contributed by atoms with Crippen LogP contribution in [0.5, 0.6) is 5.75 Å². The van der Waals surface area contributed by atoms with E-state index >= 15 is 0 Å². The van der Waals surface area contributed by atoms with Gasteiger partial charge in [-0.1, -0.05) is 68.3 Å². The van der Waals surface area contributed by atoms with Gasteiger partial charge in [-0.3, -0.25) is 9.59 Å². The molecular weight excluding hydrogens is 436 g/mol. The Bertz CT molecular complexity index is 1230. The van der Waals surface area contributed by atoms with Crippen molar-refractivity contribution in [1.82, 2.24) is 0 Å². The molecule has 2 amide bonds. The SMILES string of the molecule is CCCCc1ccc(N2C(=O)C(Nc3cccc(OCCC)c3)=C(c3ccc(C)cc3)C2=O)cc1. The molecule has 3 aromatic rings. The molecule has 0 saturated heterocycles. The molecule has 0 aliphatic carbocycles. The van der Waals surface area contributed by atoms with E-state index < -0.39 is 0 Å². The van der Waals surface area contributed by atoms with Crippen molar-refractivity contribution < 1.29 is 14.3 Å². The summed E-state index contributed by atoms with van der Waals surface area (Å²) in [5, 5.41) is 3.23. The Morgan fingerprint density at radius 2 is 1.60 bits per heavy atom. The number of rotatable bonds is 10. The highest BCUT2D eigenvalue weighted by Crippen LogP contribution is 2.34. The van der Waals surface area contributed by atoms with Crippen LogP contribution in [0, 0.1) is 6.92 Å². The van der Waals surface area contributed by atoms with Gasteiger partial charge in [0.2, 0.25) is 0 Å². The van der Waals surface area contributed by atoms with E-state index in [4.69, 9.17) is 4.74 Å². The van der Waals surface area contributed by atoms with Gasteiger partial charge >= 0.3 is 0 Å². The average Bonchev–Trinajstić information content (AvgIpc) is 3.11. The van der Waals surface area contributed by atoms with Crippen molar-refractivity contribution in [1.29, 1.82) is 0 Å². The molecule has 0 spiro atoms. The second-order valence-corrected chi connectivity index (χ2v) is 8.83. The molecule has 1 aliphatic heterocycles. The molecule has 0 unspecified atom stereocenters. The van der Waals surface area contributed by atoms with Crippen LogP contribution in [0.2, 0.25) is 0 Å². The van der Waals surface area contributed by atoms with Crippen LogP contribution in [-0.2, 0) is 16.0 Å². The van der Waals surface area contributed by atoms with E-state index in [0.717, 1.165) is 31.2 Å². The number of carbonyl (C=O) groups is 2. The Morgan fingerprint density at radius 3 is 2.29 bits per heavy atom. The van der Waals surface area contributed by atoms with Gasteiger partial charge in [-0.25, -0.2) is 4.90 Å². The van der Waals surface area contributed by atoms with Crippen LogP contribution < -0.4 is 15.0 Å². The predicted octanol–water partition coefficient (Wildman–Crippen LogP) is 6.52. The molecule has 5 nitrogen and oxygen atoms in total. The topological polar surface area (TPSA) is 58.6 Å². The largest absolute Gasteiger partial charge is 0.494 e. The van der Waals surface area contributed by atoms with Gasteiger partial charge in [-0.05, 0) is 61.6 Å². The van der Waals surface area contributed by atoms with Crippen LogP contribution in [0.25, 0.3) is 5.57 Å². The fourth-order valence-electron chi connectivity index (χ4n) is 4.09. The molecule has 1 heterocycles. The van der Waals surface area contributed by atoms with Gasteiger partial charge in [0.25, 0.3) is 11.8 Å². The van der Waals surface area contributed by atoms with E-state index in [-0.39, 0.29) is 17.5 Å². The second kappa shape index (κ2) is 11.0. The van der Waals surface area contributed by atoms with Crippen molar-refractivity contribution in [3.8, 4) is 5.75 Å². The highest BCUT2D eigenvalue weighted by Gasteiger charge is 2.40. The molecule has 0 aromatic heterocycles. The van der Waals surface area contributed by atoms with Gasteiger partial charge in [0, 0.05) is 11.8 Å². The molecule has 0 bridgehead atoms. The molecule has 3 aromatic carbocycles. The summed E-state index contributed by atoms with van der Waals surface area (Å²) < 4.78 is 5.74. The van der Waals surface area contributed by atoms with Crippen LogP contribution >= 0.6 is 0 Å². The van der Waals surface area contributed by atoms with E-state index in [2.05, 4.69) is 19.2 Å². The molecule has 0 radical (unpaired) electrons. The summed E-state index contributed by atoms with van der Waals surface area (Å²) >= 11 is 0. The first-order valence-electron chi connectivity index (χ1n) is 12.3. The molecule has 180 valence electrons. The predicted molar refractivity (Wildman–Crippen MR) is 141 cm³/mol. The number of ether oxygens (including phenoxy) is 1. The number of benzene rings is 3. The van der Waals surface area contributed by atoms with Gasteiger partial charge in [-0.2, -0.15) is 0 Å². The van der Waals surface area contributed by atoms with E-state index in [1.807, 2.05) is 79.7 Å². The van der Waals surface area contributed by atoms with Gasteiger partial charge in [0.05, 0.1) is 17.9 Å². The lowest BCUT2D eigenvalue weighted by Crippen LogP contribution is -2.32. The maximum absolute atomic E-state index is 13.7. The summed E-state index contributed by atoms with van der Waals surface area (Å²) in [5.41, 5.74) is 4.88. The molecule has 0 fully saturated rings. The molecule has 0 saturated carbocycles. The minimum absolute atomic E-state index is 0.265. The number of hydrogen-bond donors (Lipinski definition) is 1. The van der Waals surface area contributed by atoms with E-state index in [1.165, 1.54) is 10.5 Å². The van der Waals surface area contributed by atoms with Crippen LogP contribution in [-0.4, -0.2) is 18.4 Å². The summed E-state index contributed by atoms with van der Waals surface area (Å²) in [5.74, 6) is 0.0124. The van der Waals surface area contributed by atoms with E-state index in [1.54, 1.807) is 0 Å². The minimum Gasteiger partial charge on any atom is -0.494 e. The molecule has 5 heteroatoms. The fourth-order valence-corrected chi connectivity index (χ4v) is 4.09. The van der Waals surface area contributed by atoms with Crippen molar-refractivity contribution in [2.24, 2.45) is 0 Å². The summed E-state index contributed by atoms with van der Waals surface area (Å²) in [4.78, 5) is 28.6. The fraction of sp³-hybridized carbons (Fsp3) is 0.267. The van der Waals surface area contributed by atoms with E-state index in [0.29, 0.717) is 34.9 Å². The maximum atomic E-state index is 13.7. The first-order chi connectivity index (χ1) is 17.0. The number of nitrogens with zero attached hydrogens (tertiary/aromatic N) is 1. The van der Waals surface area contributed by atoms with Crippen LogP contribution in [0.15, 0.2) is 78.5 Å². The number of aryl methyl sites for hydroxylation is 2.